The highest BCUT2D eigenvalue weighted by molar-refractivity contribution is 6.30. The van der Waals surface area contributed by atoms with E-state index in [1.54, 1.807) is 6.07 Å². The molecule has 8 heteroatoms. The Labute approximate surface area is 182 Å². The quantitative estimate of drug-likeness (QED) is 0.764. The molecule has 7 nitrogen and oxygen atoms in total. The number of hydrogen-bond donors (Lipinski definition) is 2. The molecule has 162 valence electrons. The van der Waals surface area contributed by atoms with Crippen LogP contribution in [0.15, 0.2) is 23.2 Å². The molecule has 0 saturated heterocycles. The molecular weight excluding hydrogens is 404 g/mol. The van der Waals surface area contributed by atoms with E-state index in [-0.39, 0.29) is 41.3 Å². The van der Waals surface area contributed by atoms with Gasteiger partial charge in [0.25, 0.3) is 0 Å². The molecule has 0 radical (unpaired) electrons. The standard InChI is InChI=1S/C22H29ClN4O3/c1-21(2)10-18(28)27(20(24)26-21)11-12-7-14(12)19(29)25-16-9-22(3,4)30-17-6-5-13(23)8-15(16)17/h5-6,8,12,14,16H,7,9-11H2,1-4H3,(H2,24,26)(H,25,29). The minimum absolute atomic E-state index is 0.00563. The molecule has 3 unspecified atom stereocenters. The predicted octanol–water partition coefficient (Wildman–Crippen LogP) is 3.02. The molecule has 0 spiro atoms. The fourth-order valence-electron chi connectivity index (χ4n) is 4.44. The third-order valence-electron chi connectivity index (χ3n) is 6.00. The van der Waals surface area contributed by atoms with Crippen LogP contribution in [-0.2, 0) is 9.59 Å². The molecule has 1 aliphatic carbocycles. The highest BCUT2D eigenvalue weighted by atomic mass is 35.5. The lowest BCUT2D eigenvalue weighted by atomic mass is 9.89. The van der Waals surface area contributed by atoms with Crippen LogP contribution in [0.5, 0.6) is 5.75 Å². The van der Waals surface area contributed by atoms with Crippen molar-refractivity contribution >= 4 is 29.4 Å². The van der Waals surface area contributed by atoms with E-state index in [1.807, 2.05) is 39.8 Å². The van der Waals surface area contributed by atoms with E-state index in [4.69, 9.17) is 22.1 Å². The van der Waals surface area contributed by atoms with Gasteiger partial charge >= 0.3 is 0 Å². The van der Waals surface area contributed by atoms with Crippen LogP contribution < -0.4 is 15.8 Å². The Morgan fingerprint density at radius 2 is 2.10 bits per heavy atom. The van der Waals surface area contributed by atoms with Crippen molar-refractivity contribution in [1.29, 1.82) is 0 Å². The maximum atomic E-state index is 12.9. The lowest BCUT2D eigenvalue weighted by Gasteiger charge is -2.38. The van der Waals surface area contributed by atoms with Crippen molar-refractivity contribution in [3.63, 3.8) is 0 Å². The van der Waals surface area contributed by atoms with Crippen molar-refractivity contribution in [2.75, 3.05) is 6.54 Å². The van der Waals surface area contributed by atoms with Crippen molar-refractivity contribution in [1.82, 2.24) is 10.2 Å². The number of ether oxygens (including phenoxy) is 1. The van der Waals surface area contributed by atoms with Crippen molar-refractivity contribution in [3.8, 4) is 5.75 Å². The van der Waals surface area contributed by atoms with E-state index >= 15 is 0 Å². The Hall–Kier alpha value is -2.28. The van der Waals surface area contributed by atoms with E-state index < -0.39 is 5.54 Å². The molecule has 0 bridgehead atoms. The van der Waals surface area contributed by atoms with Crippen LogP contribution in [0.2, 0.25) is 5.02 Å². The Kier molecular flexibility index (Phi) is 5.00. The number of halogens is 1. The van der Waals surface area contributed by atoms with Crippen LogP contribution in [0.3, 0.4) is 0 Å². The number of fused-ring (bicyclic) bond motifs is 1. The molecule has 1 saturated carbocycles. The van der Waals surface area contributed by atoms with Gasteiger partial charge < -0.3 is 15.8 Å². The second kappa shape index (κ2) is 7.15. The van der Waals surface area contributed by atoms with Gasteiger partial charge in [-0.05, 0) is 58.2 Å². The normalized spacial score (nSPS) is 28.8. The zero-order valence-electron chi connectivity index (χ0n) is 17.9. The van der Waals surface area contributed by atoms with Gasteiger partial charge in [0.2, 0.25) is 11.8 Å². The fraction of sp³-hybridized carbons (Fsp3) is 0.591. The Morgan fingerprint density at radius 1 is 1.37 bits per heavy atom. The molecule has 3 N–H and O–H groups in total. The second-order valence-electron chi connectivity index (χ2n) is 9.88. The topological polar surface area (TPSA) is 97.0 Å². The molecule has 1 fully saturated rings. The van der Waals surface area contributed by atoms with E-state index in [2.05, 4.69) is 10.3 Å². The lowest BCUT2D eigenvalue weighted by molar-refractivity contribution is -0.130. The number of amides is 2. The fourth-order valence-corrected chi connectivity index (χ4v) is 4.62. The molecule has 1 aromatic rings. The van der Waals surface area contributed by atoms with Crippen LogP contribution in [0.4, 0.5) is 0 Å². The van der Waals surface area contributed by atoms with E-state index in [0.29, 0.717) is 24.4 Å². The van der Waals surface area contributed by atoms with Crippen LogP contribution in [0.25, 0.3) is 0 Å². The van der Waals surface area contributed by atoms with Gasteiger partial charge in [-0.25, -0.2) is 4.99 Å². The highest BCUT2D eigenvalue weighted by Gasteiger charge is 2.47. The highest BCUT2D eigenvalue weighted by Crippen LogP contribution is 2.43. The number of aliphatic imine (C=N–C) groups is 1. The first-order valence-electron chi connectivity index (χ1n) is 10.4. The van der Waals surface area contributed by atoms with Crippen molar-refractivity contribution in [3.05, 3.63) is 28.8 Å². The SMILES string of the molecule is CC1(C)CC(=O)N(CC2CC2C(=O)NC2CC(C)(C)Oc3ccc(Cl)cc32)C(N)=N1. The molecule has 0 aromatic heterocycles. The number of nitrogens with one attached hydrogen (secondary N) is 1. The zero-order chi connectivity index (χ0) is 21.8. The first kappa shape index (κ1) is 21.0. The van der Waals surface area contributed by atoms with E-state index in [9.17, 15) is 9.59 Å². The molecule has 30 heavy (non-hydrogen) atoms. The lowest BCUT2D eigenvalue weighted by Crippen LogP contribution is -2.50. The number of benzene rings is 1. The number of carbonyl (C=O) groups is 2. The summed E-state index contributed by atoms with van der Waals surface area (Å²) in [5, 5.41) is 3.79. The number of hydrogen-bond acceptors (Lipinski definition) is 5. The summed E-state index contributed by atoms with van der Waals surface area (Å²) in [5.41, 5.74) is 6.06. The van der Waals surface area contributed by atoms with Crippen LogP contribution >= 0.6 is 11.6 Å². The number of nitrogens with two attached hydrogens (primary N) is 1. The Balaban J connectivity index is 1.42. The van der Waals surface area contributed by atoms with E-state index in [0.717, 1.165) is 17.7 Å². The number of nitrogens with zero attached hydrogens (tertiary/aromatic N) is 2. The van der Waals surface area contributed by atoms with Crippen LogP contribution in [0.1, 0.15) is 58.6 Å². The van der Waals surface area contributed by atoms with Gasteiger partial charge in [-0.2, -0.15) is 0 Å². The summed E-state index contributed by atoms with van der Waals surface area (Å²) in [6, 6.07) is 5.33. The smallest absolute Gasteiger partial charge is 0.231 e. The molecule has 3 atom stereocenters. The monoisotopic (exact) mass is 432 g/mol. The summed E-state index contributed by atoms with van der Waals surface area (Å²) < 4.78 is 6.04. The molecular formula is C22H29ClN4O3. The first-order valence-corrected chi connectivity index (χ1v) is 10.8. The average molecular weight is 433 g/mol. The van der Waals surface area contributed by atoms with Crippen molar-refractivity contribution in [2.24, 2.45) is 22.6 Å². The van der Waals surface area contributed by atoms with Gasteiger partial charge in [-0.3, -0.25) is 14.5 Å². The van der Waals surface area contributed by atoms with E-state index in [1.165, 1.54) is 4.90 Å². The second-order valence-corrected chi connectivity index (χ2v) is 10.3. The minimum Gasteiger partial charge on any atom is -0.487 e. The van der Waals surface area contributed by atoms with Gasteiger partial charge in [0.1, 0.15) is 11.4 Å². The summed E-state index contributed by atoms with van der Waals surface area (Å²) in [4.78, 5) is 31.3. The Bertz CT molecular complexity index is 927. The average Bonchev–Trinajstić information content (AvgIpc) is 3.37. The van der Waals surface area contributed by atoms with Gasteiger partial charge in [0.15, 0.2) is 5.96 Å². The van der Waals surface area contributed by atoms with Gasteiger partial charge in [-0.1, -0.05) is 11.6 Å². The van der Waals surface area contributed by atoms with Crippen LogP contribution in [-0.4, -0.2) is 40.4 Å². The number of carbonyl (C=O) groups excluding carboxylic acids is 2. The van der Waals surface area contributed by atoms with Crippen LogP contribution in [0, 0.1) is 11.8 Å². The zero-order valence-corrected chi connectivity index (χ0v) is 18.6. The molecule has 4 rings (SSSR count). The summed E-state index contributed by atoms with van der Waals surface area (Å²) >= 11 is 6.17. The predicted molar refractivity (Wildman–Crippen MR) is 115 cm³/mol. The maximum absolute atomic E-state index is 12.9. The summed E-state index contributed by atoms with van der Waals surface area (Å²) in [6.45, 7) is 8.23. The number of guanidine groups is 1. The summed E-state index contributed by atoms with van der Waals surface area (Å²) in [6.07, 6.45) is 1.72. The minimum atomic E-state index is -0.470. The summed E-state index contributed by atoms with van der Waals surface area (Å²) in [5.74, 6) is 0.919. The largest absolute Gasteiger partial charge is 0.487 e. The molecule has 2 aliphatic heterocycles. The number of rotatable bonds is 4. The third kappa shape index (κ3) is 4.26. The first-order chi connectivity index (χ1) is 13.9. The van der Waals surface area contributed by atoms with Gasteiger partial charge in [0.05, 0.1) is 18.0 Å². The third-order valence-corrected chi connectivity index (χ3v) is 6.24. The Morgan fingerprint density at radius 3 is 2.80 bits per heavy atom. The molecule has 1 aromatic carbocycles. The van der Waals surface area contributed by atoms with Crippen molar-refractivity contribution < 1.29 is 14.3 Å². The van der Waals surface area contributed by atoms with Crippen molar-refractivity contribution in [2.45, 2.75) is 64.1 Å². The summed E-state index contributed by atoms with van der Waals surface area (Å²) in [7, 11) is 0. The molecule has 3 aliphatic rings. The van der Waals surface area contributed by atoms with Gasteiger partial charge in [0, 0.05) is 29.5 Å². The molecule has 2 amide bonds. The van der Waals surface area contributed by atoms with Gasteiger partial charge in [-0.15, -0.1) is 0 Å². The molecule has 2 heterocycles. The maximum Gasteiger partial charge on any atom is 0.231 e.